The van der Waals surface area contributed by atoms with Crippen molar-refractivity contribution in [2.24, 2.45) is 0 Å². The maximum Gasteiger partial charge on any atom is 0.227 e. The Kier molecular flexibility index (Phi) is 5.16. The number of nitrogens with one attached hydrogen (secondary N) is 1. The minimum atomic E-state index is 0.0213. The molecular weight excluding hydrogens is 358 g/mol. The molecule has 4 rings (SSSR count). The van der Waals surface area contributed by atoms with Crippen LogP contribution in [-0.4, -0.2) is 23.3 Å². The number of nitrogens with zero attached hydrogens (tertiary/aromatic N) is 2. The summed E-state index contributed by atoms with van der Waals surface area (Å²) in [5.74, 6) is 0.207. The van der Waals surface area contributed by atoms with Crippen LogP contribution in [0.3, 0.4) is 0 Å². The summed E-state index contributed by atoms with van der Waals surface area (Å²) in [7, 11) is 0. The molecule has 0 atom stereocenters. The van der Waals surface area contributed by atoms with E-state index >= 15 is 0 Å². The standard InChI is InChI=1S/C21H21N3O2S/c25-19(11-12-20-23-17-4-1-2-5-18(17)27-20)22-14-15-7-9-16(10-8-15)24-13-3-6-21(24)26/h1-2,4-5,7-10H,3,6,11-14H2,(H,22,25). The van der Waals surface area contributed by atoms with Gasteiger partial charge in [0.05, 0.1) is 15.2 Å². The Labute approximate surface area is 162 Å². The number of rotatable bonds is 6. The highest BCUT2D eigenvalue weighted by Crippen LogP contribution is 2.23. The number of amides is 2. The second-order valence-electron chi connectivity index (χ2n) is 6.67. The molecule has 0 aliphatic carbocycles. The van der Waals surface area contributed by atoms with Gasteiger partial charge in [0.15, 0.2) is 0 Å². The third kappa shape index (κ3) is 4.17. The van der Waals surface area contributed by atoms with Gasteiger partial charge in [0.2, 0.25) is 11.8 Å². The molecule has 1 N–H and O–H groups in total. The lowest BCUT2D eigenvalue weighted by molar-refractivity contribution is -0.121. The highest BCUT2D eigenvalue weighted by Gasteiger charge is 2.21. The van der Waals surface area contributed by atoms with Crippen molar-refractivity contribution in [3.63, 3.8) is 0 Å². The van der Waals surface area contributed by atoms with Crippen LogP contribution < -0.4 is 10.2 Å². The molecule has 1 aliphatic heterocycles. The second kappa shape index (κ2) is 7.88. The van der Waals surface area contributed by atoms with E-state index in [1.807, 2.05) is 47.4 Å². The summed E-state index contributed by atoms with van der Waals surface area (Å²) < 4.78 is 1.16. The van der Waals surface area contributed by atoms with Crippen molar-refractivity contribution in [1.29, 1.82) is 0 Å². The Bertz CT molecular complexity index is 932. The van der Waals surface area contributed by atoms with Gasteiger partial charge in [-0.15, -0.1) is 11.3 Å². The number of thiazole rings is 1. The molecule has 3 aromatic rings. The van der Waals surface area contributed by atoms with E-state index in [1.54, 1.807) is 11.3 Å². The normalized spacial score (nSPS) is 14.1. The summed E-state index contributed by atoms with van der Waals surface area (Å²) in [4.78, 5) is 30.3. The first-order valence-electron chi connectivity index (χ1n) is 9.19. The van der Waals surface area contributed by atoms with Crippen molar-refractivity contribution in [2.45, 2.75) is 32.2 Å². The van der Waals surface area contributed by atoms with Gasteiger partial charge >= 0.3 is 0 Å². The Morgan fingerprint density at radius 3 is 2.70 bits per heavy atom. The van der Waals surface area contributed by atoms with Crippen LogP contribution in [0.25, 0.3) is 10.2 Å². The lowest BCUT2D eigenvalue weighted by atomic mass is 10.2. The molecule has 2 amide bonds. The van der Waals surface area contributed by atoms with Crippen LogP contribution in [0.1, 0.15) is 29.8 Å². The molecule has 0 saturated carbocycles. The Balaban J connectivity index is 1.27. The summed E-state index contributed by atoms with van der Waals surface area (Å²) in [6.07, 6.45) is 2.64. The smallest absolute Gasteiger partial charge is 0.227 e. The number of anilines is 1. The lowest BCUT2D eigenvalue weighted by Crippen LogP contribution is -2.24. The fourth-order valence-electron chi connectivity index (χ4n) is 3.25. The van der Waals surface area contributed by atoms with Crippen LogP contribution >= 0.6 is 11.3 Å². The molecule has 1 fully saturated rings. The zero-order chi connectivity index (χ0) is 18.6. The van der Waals surface area contributed by atoms with E-state index in [2.05, 4.69) is 16.4 Å². The summed E-state index contributed by atoms with van der Waals surface area (Å²) >= 11 is 1.64. The molecule has 138 valence electrons. The van der Waals surface area contributed by atoms with Crippen LogP contribution in [-0.2, 0) is 22.6 Å². The first-order chi connectivity index (χ1) is 13.2. The molecule has 0 spiro atoms. The van der Waals surface area contributed by atoms with E-state index < -0.39 is 0 Å². The number of fused-ring (bicyclic) bond motifs is 1. The molecule has 0 radical (unpaired) electrons. The minimum absolute atomic E-state index is 0.0213. The molecule has 2 heterocycles. The van der Waals surface area contributed by atoms with E-state index in [-0.39, 0.29) is 11.8 Å². The molecular formula is C21H21N3O2S. The topological polar surface area (TPSA) is 62.3 Å². The lowest BCUT2D eigenvalue weighted by Gasteiger charge is -2.16. The molecule has 0 unspecified atom stereocenters. The molecule has 1 aromatic heterocycles. The molecule has 5 nitrogen and oxygen atoms in total. The summed E-state index contributed by atoms with van der Waals surface area (Å²) in [6.45, 7) is 1.29. The zero-order valence-electron chi connectivity index (χ0n) is 15.0. The van der Waals surface area contributed by atoms with Crippen molar-refractivity contribution in [2.75, 3.05) is 11.4 Å². The molecule has 27 heavy (non-hydrogen) atoms. The van der Waals surface area contributed by atoms with Gasteiger partial charge in [-0.25, -0.2) is 4.98 Å². The van der Waals surface area contributed by atoms with Gasteiger partial charge in [0.25, 0.3) is 0 Å². The number of benzene rings is 2. The summed E-state index contributed by atoms with van der Waals surface area (Å²) in [6, 6.07) is 15.9. The van der Waals surface area contributed by atoms with E-state index in [0.29, 0.717) is 25.8 Å². The minimum Gasteiger partial charge on any atom is -0.352 e. The van der Waals surface area contributed by atoms with Crippen molar-refractivity contribution < 1.29 is 9.59 Å². The summed E-state index contributed by atoms with van der Waals surface area (Å²) in [5, 5.41) is 3.95. The fourth-order valence-corrected chi connectivity index (χ4v) is 4.22. The molecule has 2 aromatic carbocycles. The number of aryl methyl sites for hydroxylation is 1. The first kappa shape index (κ1) is 17.7. The van der Waals surface area contributed by atoms with Gasteiger partial charge in [0.1, 0.15) is 0 Å². The molecule has 1 aliphatic rings. The van der Waals surface area contributed by atoms with E-state index in [0.717, 1.165) is 39.4 Å². The summed E-state index contributed by atoms with van der Waals surface area (Å²) in [5.41, 5.74) is 2.96. The average molecular weight is 379 g/mol. The monoisotopic (exact) mass is 379 g/mol. The first-order valence-corrected chi connectivity index (χ1v) is 10.0. The highest BCUT2D eigenvalue weighted by atomic mass is 32.1. The average Bonchev–Trinajstić information content (AvgIpc) is 3.30. The number of hydrogen-bond acceptors (Lipinski definition) is 4. The molecule has 1 saturated heterocycles. The van der Waals surface area contributed by atoms with Gasteiger partial charge in [-0.2, -0.15) is 0 Å². The SMILES string of the molecule is O=C(CCc1nc2ccccc2s1)NCc1ccc(N2CCCC2=O)cc1. The van der Waals surface area contributed by atoms with Gasteiger partial charge < -0.3 is 10.2 Å². The molecule has 6 heteroatoms. The van der Waals surface area contributed by atoms with E-state index in [9.17, 15) is 9.59 Å². The Hall–Kier alpha value is -2.73. The molecule has 0 bridgehead atoms. The maximum absolute atomic E-state index is 12.1. The second-order valence-corrected chi connectivity index (χ2v) is 7.78. The Morgan fingerprint density at radius 2 is 1.96 bits per heavy atom. The van der Waals surface area contributed by atoms with Crippen molar-refractivity contribution >= 4 is 39.1 Å². The van der Waals surface area contributed by atoms with Gasteiger partial charge in [-0.05, 0) is 36.2 Å². The number of carbonyl (C=O) groups excluding carboxylic acids is 2. The van der Waals surface area contributed by atoms with Crippen LogP contribution in [0.5, 0.6) is 0 Å². The van der Waals surface area contributed by atoms with Crippen molar-refractivity contribution in [1.82, 2.24) is 10.3 Å². The van der Waals surface area contributed by atoms with Crippen LogP contribution in [0.4, 0.5) is 5.69 Å². The van der Waals surface area contributed by atoms with E-state index in [1.165, 1.54) is 0 Å². The van der Waals surface area contributed by atoms with Crippen LogP contribution in [0.15, 0.2) is 48.5 Å². The number of para-hydroxylation sites is 1. The van der Waals surface area contributed by atoms with Gasteiger partial charge in [0, 0.05) is 38.0 Å². The number of hydrogen-bond donors (Lipinski definition) is 1. The van der Waals surface area contributed by atoms with Crippen molar-refractivity contribution in [3.8, 4) is 0 Å². The van der Waals surface area contributed by atoms with Gasteiger partial charge in [-0.3, -0.25) is 9.59 Å². The van der Waals surface area contributed by atoms with Crippen LogP contribution in [0, 0.1) is 0 Å². The number of aromatic nitrogens is 1. The fraction of sp³-hybridized carbons (Fsp3) is 0.286. The predicted octanol–water partition coefficient (Wildman–Crippen LogP) is 3.67. The predicted molar refractivity (Wildman–Crippen MR) is 108 cm³/mol. The third-order valence-corrected chi connectivity index (χ3v) is 5.81. The quantitative estimate of drug-likeness (QED) is 0.711. The number of carbonyl (C=O) groups is 2. The van der Waals surface area contributed by atoms with Crippen molar-refractivity contribution in [3.05, 3.63) is 59.1 Å². The zero-order valence-corrected chi connectivity index (χ0v) is 15.8. The largest absolute Gasteiger partial charge is 0.352 e. The maximum atomic E-state index is 12.1. The highest BCUT2D eigenvalue weighted by molar-refractivity contribution is 7.18. The van der Waals surface area contributed by atoms with Crippen LogP contribution in [0.2, 0.25) is 0 Å². The van der Waals surface area contributed by atoms with E-state index in [4.69, 9.17) is 0 Å². The Morgan fingerprint density at radius 1 is 1.15 bits per heavy atom. The third-order valence-electron chi connectivity index (χ3n) is 4.72. The van der Waals surface area contributed by atoms with Gasteiger partial charge in [-0.1, -0.05) is 24.3 Å².